The first-order valence-corrected chi connectivity index (χ1v) is 11.5. The number of rotatable bonds is 2. The summed E-state index contributed by atoms with van der Waals surface area (Å²) in [5.74, 6) is 0.349. The Labute approximate surface area is 203 Å². The number of ether oxygens (including phenoxy) is 1. The molecule has 1 aromatic heterocycles. The normalized spacial score (nSPS) is 17.4. The number of nitrogens with two attached hydrogens (primary N) is 1. The quantitative estimate of drug-likeness (QED) is 0.562. The van der Waals surface area contributed by atoms with Crippen LogP contribution in [0.2, 0.25) is 0 Å². The molecule has 7 heteroatoms. The van der Waals surface area contributed by atoms with Crippen molar-refractivity contribution in [3.05, 3.63) is 90.3 Å². The van der Waals surface area contributed by atoms with Crippen LogP contribution in [0.25, 0.3) is 16.5 Å². The van der Waals surface area contributed by atoms with Crippen molar-refractivity contribution >= 4 is 39.9 Å². The smallest absolute Gasteiger partial charge is 0.409 e. The van der Waals surface area contributed by atoms with Gasteiger partial charge in [-0.25, -0.2) is 4.79 Å². The van der Waals surface area contributed by atoms with Crippen LogP contribution in [0.3, 0.4) is 0 Å². The summed E-state index contributed by atoms with van der Waals surface area (Å²) < 4.78 is 5.88. The first kappa shape index (κ1) is 22.4. The average molecular weight is 467 g/mol. The Kier molecular flexibility index (Phi) is 5.82. The standard InChI is InChI=1S/C28H26N4O3/c1-18-17-31(28(34)35-27-12-6-11-24-22(27)9-7-15-30-24)26-16-20(13-14-25(26)32(18)19(2)33)21-8-4-3-5-10-23(21)29/h3-9,11-16,18H,10,17,29H2,1-2H3/t18-/m0/s1. The molecule has 35 heavy (non-hydrogen) atoms. The third kappa shape index (κ3) is 4.17. The lowest BCUT2D eigenvalue weighted by atomic mass is 9.98. The third-order valence-electron chi connectivity index (χ3n) is 6.28. The van der Waals surface area contributed by atoms with Gasteiger partial charge in [0.25, 0.3) is 0 Å². The number of hydrogen-bond acceptors (Lipinski definition) is 5. The second-order valence-electron chi connectivity index (χ2n) is 8.68. The van der Waals surface area contributed by atoms with Crippen molar-refractivity contribution in [2.75, 3.05) is 16.3 Å². The molecular formula is C28H26N4O3. The number of nitrogens with zero attached hydrogens (tertiary/aromatic N) is 3. The number of benzene rings is 2. The maximum absolute atomic E-state index is 13.5. The highest BCUT2D eigenvalue weighted by Crippen LogP contribution is 2.39. The Morgan fingerprint density at radius 3 is 2.77 bits per heavy atom. The van der Waals surface area contributed by atoms with E-state index < -0.39 is 6.09 Å². The molecule has 1 atom stereocenters. The molecule has 2 aliphatic rings. The fraction of sp³-hybridized carbons (Fsp3) is 0.179. The van der Waals surface area contributed by atoms with Gasteiger partial charge in [0.15, 0.2) is 0 Å². The summed E-state index contributed by atoms with van der Waals surface area (Å²) in [6.45, 7) is 3.75. The molecule has 0 saturated carbocycles. The molecule has 3 aromatic rings. The summed E-state index contributed by atoms with van der Waals surface area (Å²) in [6.07, 6.45) is 9.68. The van der Waals surface area contributed by atoms with Crippen molar-refractivity contribution in [1.29, 1.82) is 0 Å². The molecule has 1 aliphatic carbocycles. The Morgan fingerprint density at radius 1 is 1.09 bits per heavy atom. The van der Waals surface area contributed by atoms with Gasteiger partial charge in [0.1, 0.15) is 5.75 Å². The minimum absolute atomic E-state index is 0.0862. The largest absolute Gasteiger partial charge is 0.419 e. The fourth-order valence-electron chi connectivity index (χ4n) is 4.68. The van der Waals surface area contributed by atoms with Crippen LogP contribution < -0.4 is 20.3 Å². The molecule has 176 valence electrons. The number of aromatic nitrogens is 1. The number of carbonyl (C=O) groups excluding carboxylic acids is 2. The van der Waals surface area contributed by atoms with Crippen molar-refractivity contribution in [2.24, 2.45) is 5.73 Å². The lowest BCUT2D eigenvalue weighted by Gasteiger charge is -2.40. The molecule has 2 N–H and O–H groups in total. The maximum atomic E-state index is 13.5. The van der Waals surface area contributed by atoms with Crippen molar-refractivity contribution < 1.29 is 14.3 Å². The number of amides is 2. The summed E-state index contributed by atoms with van der Waals surface area (Å²) in [5.41, 5.74) is 10.8. The number of anilines is 2. The maximum Gasteiger partial charge on any atom is 0.419 e. The van der Waals surface area contributed by atoms with Crippen LogP contribution in [0.4, 0.5) is 16.2 Å². The van der Waals surface area contributed by atoms with E-state index in [9.17, 15) is 9.59 Å². The Hall–Kier alpha value is -4.39. The van der Waals surface area contributed by atoms with Crippen molar-refractivity contribution in [3.8, 4) is 5.75 Å². The Bertz CT molecular complexity index is 1420. The van der Waals surface area contributed by atoms with Gasteiger partial charge in [0.05, 0.1) is 22.9 Å². The highest BCUT2D eigenvalue weighted by Gasteiger charge is 2.35. The predicted octanol–water partition coefficient (Wildman–Crippen LogP) is 5.18. The highest BCUT2D eigenvalue weighted by atomic mass is 16.6. The Balaban J connectivity index is 1.57. The van der Waals surface area contributed by atoms with Gasteiger partial charge in [0.2, 0.25) is 5.91 Å². The van der Waals surface area contributed by atoms with Crippen LogP contribution in [-0.2, 0) is 4.79 Å². The van der Waals surface area contributed by atoms with Gasteiger partial charge >= 0.3 is 6.09 Å². The predicted molar refractivity (Wildman–Crippen MR) is 138 cm³/mol. The van der Waals surface area contributed by atoms with E-state index in [0.29, 0.717) is 30.1 Å². The van der Waals surface area contributed by atoms with Gasteiger partial charge in [-0.3, -0.25) is 14.7 Å². The van der Waals surface area contributed by atoms with E-state index in [1.165, 1.54) is 6.92 Å². The average Bonchev–Trinajstić information content (AvgIpc) is 3.07. The number of carbonyl (C=O) groups is 2. The number of allylic oxidation sites excluding steroid dienone is 5. The van der Waals surface area contributed by atoms with Gasteiger partial charge in [0, 0.05) is 42.7 Å². The van der Waals surface area contributed by atoms with Crippen molar-refractivity contribution in [2.45, 2.75) is 26.3 Å². The van der Waals surface area contributed by atoms with E-state index in [1.807, 2.05) is 73.7 Å². The van der Waals surface area contributed by atoms with Crippen LogP contribution in [0.15, 0.2) is 84.7 Å². The van der Waals surface area contributed by atoms with Gasteiger partial charge in [-0.05, 0) is 48.9 Å². The lowest BCUT2D eigenvalue weighted by Crippen LogP contribution is -2.52. The molecule has 0 unspecified atom stereocenters. The molecule has 0 bridgehead atoms. The number of hydrogen-bond donors (Lipinski definition) is 1. The van der Waals surface area contributed by atoms with Gasteiger partial charge in [-0.1, -0.05) is 36.4 Å². The Morgan fingerprint density at radius 2 is 1.94 bits per heavy atom. The molecule has 5 rings (SSSR count). The summed E-state index contributed by atoms with van der Waals surface area (Å²) in [4.78, 5) is 33.7. The lowest BCUT2D eigenvalue weighted by molar-refractivity contribution is -0.117. The first-order chi connectivity index (χ1) is 16.9. The molecule has 2 heterocycles. The first-order valence-electron chi connectivity index (χ1n) is 11.5. The van der Waals surface area contributed by atoms with Gasteiger partial charge in [-0.2, -0.15) is 0 Å². The molecule has 0 saturated heterocycles. The van der Waals surface area contributed by atoms with E-state index in [2.05, 4.69) is 4.98 Å². The molecule has 2 aromatic carbocycles. The minimum atomic E-state index is -0.519. The zero-order valence-corrected chi connectivity index (χ0v) is 19.6. The third-order valence-corrected chi connectivity index (χ3v) is 6.28. The second kappa shape index (κ2) is 9.10. The molecule has 0 radical (unpaired) electrons. The summed E-state index contributed by atoms with van der Waals surface area (Å²) >= 11 is 0. The number of fused-ring (bicyclic) bond motifs is 2. The summed E-state index contributed by atoms with van der Waals surface area (Å²) in [6, 6.07) is 14.6. The van der Waals surface area contributed by atoms with Crippen LogP contribution in [-0.4, -0.2) is 29.6 Å². The summed E-state index contributed by atoms with van der Waals surface area (Å²) in [7, 11) is 0. The SMILES string of the molecule is CC(=O)N1c2ccc(C3=C(N)CC=CC=C3)cc2N(C(=O)Oc2cccc3ncccc23)C[C@@H]1C. The molecule has 2 amide bonds. The van der Waals surface area contributed by atoms with E-state index in [0.717, 1.165) is 27.7 Å². The van der Waals surface area contributed by atoms with E-state index >= 15 is 0 Å². The molecule has 7 nitrogen and oxygen atoms in total. The molecule has 0 spiro atoms. The van der Waals surface area contributed by atoms with E-state index in [4.69, 9.17) is 10.5 Å². The van der Waals surface area contributed by atoms with Gasteiger partial charge < -0.3 is 15.4 Å². The topological polar surface area (TPSA) is 88.8 Å². The van der Waals surface area contributed by atoms with E-state index in [1.54, 1.807) is 22.1 Å². The second-order valence-corrected chi connectivity index (χ2v) is 8.68. The summed E-state index contributed by atoms with van der Waals surface area (Å²) in [5, 5.41) is 0.752. The van der Waals surface area contributed by atoms with Crippen LogP contribution in [0, 0.1) is 0 Å². The zero-order valence-electron chi connectivity index (χ0n) is 19.6. The van der Waals surface area contributed by atoms with E-state index in [-0.39, 0.29) is 11.9 Å². The number of pyridine rings is 1. The van der Waals surface area contributed by atoms with Crippen LogP contribution in [0.5, 0.6) is 5.75 Å². The highest BCUT2D eigenvalue weighted by molar-refractivity contribution is 6.04. The van der Waals surface area contributed by atoms with Gasteiger partial charge in [-0.15, -0.1) is 0 Å². The molecular weight excluding hydrogens is 440 g/mol. The zero-order chi connectivity index (χ0) is 24.5. The van der Waals surface area contributed by atoms with Crippen molar-refractivity contribution in [3.63, 3.8) is 0 Å². The minimum Gasteiger partial charge on any atom is -0.409 e. The molecule has 0 fully saturated rings. The van der Waals surface area contributed by atoms with Crippen molar-refractivity contribution in [1.82, 2.24) is 4.98 Å². The monoisotopic (exact) mass is 466 g/mol. The van der Waals surface area contributed by atoms with Crippen LogP contribution in [0.1, 0.15) is 25.8 Å². The fourth-order valence-corrected chi connectivity index (χ4v) is 4.68. The van der Waals surface area contributed by atoms with Crippen LogP contribution >= 0.6 is 0 Å². The molecule has 1 aliphatic heterocycles.